The van der Waals surface area contributed by atoms with Crippen LogP contribution in [-0.4, -0.2) is 56.8 Å². The second-order valence-electron chi connectivity index (χ2n) is 12.3. The number of carbonyl (C=O) groups excluding carboxylic acids is 1. The molecule has 1 atom stereocenters. The number of hydrogen-bond acceptors (Lipinski definition) is 5. The van der Waals surface area contributed by atoms with Crippen molar-refractivity contribution >= 4 is 22.9 Å². The van der Waals surface area contributed by atoms with Gasteiger partial charge in [-0.3, -0.25) is 0 Å². The maximum atomic E-state index is 12.7. The van der Waals surface area contributed by atoms with Gasteiger partial charge in [-0.2, -0.15) is 0 Å². The quantitative estimate of drug-likeness (QED) is 0.604. The minimum Gasteiger partial charge on any atom is -0.444 e. The van der Waals surface area contributed by atoms with Gasteiger partial charge in [0.15, 0.2) is 0 Å². The van der Waals surface area contributed by atoms with Crippen LogP contribution < -0.4 is 4.90 Å². The van der Waals surface area contributed by atoms with Crippen molar-refractivity contribution < 1.29 is 9.53 Å². The van der Waals surface area contributed by atoms with E-state index in [-0.39, 0.29) is 17.7 Å². The number of fused-ring (bicyclic) bond motifs is 4. The van der Waals surface area contributed by atoms with Crippen LogP contribution in [0.2, 0.25) is 0 Å². The Morgan fingerprint density at radius 3 is 2.38 bits per heavy atom. The summed E-state index contributed by atoms with van der Waals surface area (Å²) in [7, 11) is 0. The lowest BCUT2D eigenvalue weighted by Crippen LogP contribution is -2.54. The van der Waals surface area contributed by atoms with Gasteiger partial charge in [-0.15, -0.1) is 0 Å². The third kappa shape index (κ3) is 3.75. The van der Waals surface area contributed by atoms with E-state index < -0.39 is 5.60 Å². The zero-order valence-corrected chi connectivity index (χ0v) is 21.2. The molecule has 1 amide bonds. The highest BCUT2D eigenvalue weighted by Crippen LogP contribution is 2.53. The Bertz CT molecular complexity index is 1080. The Morgan fingerprint density at radius 2 is 1.76 bits per heavy atom. The van der Waals surface area contributed by atoms with E-state index in [2.05, 4.69) is 22.6 Å². The highest BCUT2D eigenvalue weighted by atomic mass is 16.6. The number of ether oxygens (including phenoxy) is 1. The van der Waals surface area contributed by atoms with Crippen LogP contribution in [0, 0.1) is 5.92 Å². The van der Waals surface area contributed by atoms with Gasteiger partial charge in [0.2, 0.25) is 0 Å². The molecule has 7 nitrogen and oxygen atoms in total. The summed E-state index contributed by atoms with van der Waals surface area (Å²) in [5, 5.41) is 1.27. The van der Waals surface area contributed by atoms with Gasteiger partial charge in [-0.05, 0) is 96.5 Å². The molecule has 34 heavy (non-hydrogen) atoms. The first kappa shape index (κ1) is 22.2. The first-order valence-corrected chi connectivity index (χ1v) is 13.4. The molecule has 7 rings (SSSR count). The fourth-order valence-corrected chi connectivity index (χ4v) is 6.71. The smallest absolute Gasteiger partial charge is 0.410 e. The lowest BCUT2D eigenvalue weighted by molar-refractivity contribution is 0.0218. The molecule has 0 radical (unpaired) electrons. The molecule has 0 spiro atoms. The second-order valence-corrected chi connectivity index (χ2v) is 12.3. The number of aromatic nitrogens is 3. The van der Waals surface area contributed by atoms with Crippen molar-refractivity contribution in [3.63, 3.8) is 0 Å². The number of piperazine rings is 1. The van der Waals surface area contributed by atoms with E-state index in [4.69, 9.17) is 14.7 Å². The first-order valence-electron chi connectivity index (χ1n) is 13.4. The van der Waals surface area contributed by atoms with Gasteiger partial charge in [0, 0.05) is 37.4 Å². The molecule has 2 aromatic rings. The second kappa shape index (κ2) is 7.85. The van der Waals surface area contributed by atoms with Crippen LogP contribution in [0.1, 0.15) is 90.5 Å². The minimum absolute atomic E-state index is 0.165. The summed E-state index contributed by atoms with van der Waals surface area (Å²) in [4.78, 5) is 26.7. The first-order chi connectivity index (χ1) is 16.2. The van der Waals surface area contributed by atoms with Crippen LogP contribution in [0.3, 0.4) is 0 Å². The molecule has 0 N–H and O–H groups in total. The van der Waals surface area contributed by atoms with E-state index in [1.54, 1.807) is 6.33 Å². The molecule has 3 heterocycles. The summed E-state index contributed by atoms with van der Waals surface area (Å²) in [6.07, 6.45) is 14.5. The lowest BCUT2D eigenvalue weighted by Gasteiger charge is -2.47. The van der Waals surface area contributed by atoms with E-state index in [1.165, 1.54) is 62.3 Å². The fourth-order valence-electron chi connectivity index (χ4n) is 6.71. The molecule has 4 aliphatic carbocycles. The molecule has 5 aliphatic rings. The monoisotopic (exact) mass is 465 g/mol. The number of amides is 1. The topological polar surface area (TPSA) is 63.5 Å². The summed E-state index contributed by atoms with van der Waals surface area (Å²) >= 11 is 0. The molecule has 2 bridgehead atoms. The highest BCUT2D eigenvalue weighted by Gasteiger charge is 2.44. The highest BCUT2D eigenvalue weighted by molar-refractivity contribution is 5.92. The van der Waals surface area contributed by atoms with Crippen molar-refractivity contribution in [2.24, 2.45) is 5.92 Å². The summed E-state index contributed by atoms with van der Waals surface area (Å²) in [6, 6.07) is 0.165. The summed E-state index contributed by atoms with van der Waals surface area (Å²) < 4.78 is 8.21. The summed E-state index contributed by atoms with van der Waals surface area (Å²) in [6.45, 7) is 10.0. The molecule has 1 saturated heterocycles. The van der Waals surface area contributed by atoms with Crippen molar-refractivity contribution in [1.29, 1.82) is 0 Å². The maximum absolute atomic E-state index is 12.7. The van der Waals surface area contributed by atoms with Crippen molar-refractivity contribution in [3.05, 3.63) is 18.1 Å². The van der Waals surface area contributed by atoms with Crippen LogP contribution in [0.25, 0.3) is 11.0 Å². The van der Waals surface area contributed by atoms with Gasteiger partial charge in [-0.1, -0.05) is 0 Å². The van der Waals surface area contributed by atoms with Gasteiger partial charge < -0.3 is 19.1 Å². The Labute approximate surface area is 202 Å². The number of nitrogens with zero attached hydrogens (tertiary/aromatic N) is 5. The predicted octanol–water partition coefficient (Wildman–Crippen LogP) is 5.43. The third-order valence-corrected chi connectivity index (χ3v) is 8.73. The van der Waals surface area contributed by atoms with Gasteiger partial charge in [-0.25, -0.2) is 14.8 Å². The number of anilines is 1. The van der Waals surface area contributed by atoms with Crippen molar-refractivity contribution in [1.82, 2.24) is 19.4 Å². The molecule has 4 saturated carbocycles. The molecule has 2 aromatic heterocycles. The van der Waals surface area contributed by atoms with Crippen LogP contribution in [0.15, 0.2) is 12.5 Å². The van der Waals surface area contributed by atoms with E-state index in [9.17, 15) is 4.79 Å². The largest absolute Gasteiger partial charge is 0.444 e. The van der Waals surface area contributed by atoms with Crippen molar-refractivity contribution in [2.45, 2.75) is 102 Å². The van der Waals surface area contributed by atoms with E-state index in [0.29, 0.717) is 19.0 Å². The van der Waals surface area contributed by atoms with Gasteiger partial charge in [0.05, 0.1) is 5.39 Å². The zero-order valence-electron chi connectivity index (χ0n) is 21.2. The van der Waals surface area contributed by atoms with Crippen LogP contribution in [0.5, 0.6) is 0 Å². The molecule has 0 aromatic carbocycles. The van der Waals surface area contributed by atoms with Crippen molar-refractivity contribution in [3.8, 4) is 0 Å². The van der Waals surface area contributed by atoms with Crippen molar-refractivity contribution in [2.75, 3.05) is 24.5 Å². The summed E-state index contributed by atoms with van der Waals surface area (Å²) in [5.74, 6) is 2.64. The standard InChI is InChI=1S/C27H39N5O2/c1-18-15-30(25(33)34-26(2,3)4)13-14-31(18)23-22-21(20-5-6-20)16-32(24(22)29-17-28-23)27-10-7-19(8-11-27)9-12-27/h16-20H,5-15H2,1-4H3/t18-,19?,27?/m0/s1. The molecule has 7 heteroatoms. The van der Waals surface area contributed by atoms with E-state index in [1.807, 2.05) is 25.7 Å². The molecular weight excluding hydrogens is 426 g/mol. The van der Waals surface area contributed by atoms with E-state index in [0.717, 1.165) is 23.9 Å². The third-order valence-electron chi connectivity index (χ3n) is 8.73. The fraction of sp³-hybridized carbons (Fsp3) is 0.741. The molecule has 5 fully saturated rings. The van der Waals surface area contributed by atoms with Crippen LogP contribution in [0.4, 0.5) is 10.6 Å². The zero-order chi connectivity index (χ0) is 23.7. The Kier molecular flexibility index (Phi) is 5.12. The van der Waals surface area contributed by atoms with Crippen LogP contribution in [-0.2, 0) is 10.3 Å². The maximum Gasteiger partial charge on any atom is 0.410 e. The van der Waals surface area contributed by atoms with Crippen LogP contribution >= 0.6 is 0 Å². The molecule has 184 valence electrons. The average molecular weight is 466 g/mol. The normalized spacial score (nSPS) is 29.6. The molecule has 1 aliphatic heterocycles. The lowest BCUT2D eigenvalue weighted by atomic mass is 9.65. The Morgan fingerprint density at radius 1 is 1.06 bits per heavy atom. The SMILES string of the molecule is C[C@H]1CN(C(=O)OC(C)(C)C)CCN1c1ncnc2c1c(C1CC1)cn2C12CCC(CC1)CC2. The van der Waals surface area contributed by atoms with Gasteiger partial charge in [0.25, 0.3) is 0 Å². The summed E-state index contributed by atoms with van der Waals surface area (Å²) in [5.41, 5.74) is 2.35. The number of rotatable bonds is 3. The Hall–Kier alpha value is -2.31. The number of carbonyl (C=O) groups is 1. The predicted molar refractivity (Wildman–Crippen MR) is 133 cm³/mol. The minimum atomic E-state index is -0.476. The van der Waals surface area contributed by atoms with Gasteiger partial charge >= 0.3 is 6.09 Å². The Balaban J connectivity index is 1.34. The van der Waals surface area contributed by atoms with Gasteiger partial charge in [0.1, 0.15) is 23.4 Å². The molecule has 0 unspecified atom stereocenters. The average Bonchev–Trinajstić information content (AvgIpc) is 3.58. The molecular formula is C27H39N5O2. The van der Waals surface area contributed by atoms with E-state index >= 15 is 0 Å². The number of hydrogen-bond donors (Lipinski definition) is 0.